The molecule has 0 fully saturated rings. The molecule has 0 amide bonds. The van der Waals surface area contributed by atoms with Crippen LogP contribution < -0.4 is 4.90 Å². The number of benzene rings is 10. The van der Waals surface area contributed by atoms with Crippen molar-refractivity contribution in [3.05, 3.63) is 271 Å². The van der Waals surface area contributed by atoms with Gasteiger partial charge in [0.15, 0.2) is 0 Å². The van der Waals surface area contributed by atoms with Crippen LogP contribution in [0.2, 0.25) is 0 Å². The molecule has 0 aliphatic heterocycles. The van der Waals surface area contributed by atoms with Crippen molar-refractivity contribution >= 4 is 27.8 Å². The first-order chi connectivity index (χ1) is 29.8. The van der Waals surface area contributed by atoms with Crippen LogP contribution in [0.1, 0.15) is 22.3 Å². The van der Waals surface area contributed by atoms with Gasteiger partial charge in [-0.15, -0.1) is 0 Å². The zero-order valence-electron chi connectivity index (χ0n) is 33.1. The molecule has 1 nitrogen and oxygen atoms in total. The second kappa shape index (κ2) is 14.9. The molecular formula is C59H41N. The number of fused-ring (bicyclic) bond motifs is 4. The van der Waals surface area contributed by atoms with Gasteiger partial charge in [-0.25, -0.2) is 0 Å². The van der Waals surface area contributed by atoms with Gasteiger partial charge < -0.3 is 4.90 Å². The third-order valence-corrected chi connectivity index (χ3v) is 12.4. The second-order valence-corrected chi connectivity index (χ2v) is 15.6. The standard InChI is InChI=1S/C59H41N/c1-4-17-42(18-5-1)43-37-39-50(40-38-43)60(51-26-14-21-47(41-51)44-33-35-46(36-34-44)53-29-15-20-45-19-10-11-27-52(45)53)57-32-16-31-56-58(57)54-28-12-13-30-55(54)59(56,48-22-6-2-7-23-48)49-24-8-3-9-25-49/h1-41H. The molecule has 1 heteroatoms. The van der Waals surface area contributed by atoms with E-state index in [-0.39, 0.29) is 0 Å². The minimum absolute atomic E-state index is 0.499. The van der Waals surface area contributed by atoms with Gasteiger partial charge in [-0.1, -0.05) is 218 Å². The summed E-state index contributed by atoms with van der Waals surface area (Å²) in [6.45, 7) is 0. The lowest BCUT2D eigenvalue weighted by Crippen LogP contribution is -2.28. The normalized spacial score (nSPS) is 12.5. The summed E-state index contributed by atoms with van der Waals surface area (Å²) in [6.07, 6.45) is 0. The molecule has 0 unspecified atom stereocenters. The van der Waals surface area contributed by atoms with Crippen molar-refractivity contribution in [2.45, 2.75) is 5.41 Å². The molecule has 0 aromatic heterocycles. The summed E-state index contributed by atoms with van der Waals surface area (Å²) in [7, 11) is 0. The third-order valence-electron chi connectivity index (χ3n) is 12.4. The fourth-order valence-corrected chi connectivity index (χ4v) is 9.66. The number of anilines is 3. The van der Waals surface area contributed by atoms with Gasteiger partial charge >= 0.3 is 0 Å². The zero-order valence-corrected chi connectivity index (χ0v) is 33.1. The quantitative estimate of drug-likeness (QED) is 0.149. The van der Waals surface area contributed by atoms with Crippen LogP contribution >= 0.6 is 0 Å². The van der Waals surface area contributed by atoms with Crippen molar-refractivity contribution < 1.29 is 0 Å². The van der Waals surface area contributed by atoms with Crippen molar-refractivity contribution in [1.82, 2.24) is 0 Å². The van der Waals surface area contributed by atoms with Gasteiger partial charge in [0, 0.05) is 16.9 Å². The highest BCUT2D eigenvalue weighted by molar-refractivity contribution is 5.99. The van der Waals surface area contributed by atoms with Gasteiger partial charge in [0.05, 0.1) is 11.1 Å². The van der Waals surface area contributed by atoms with Crippen LogP contribution in [0.5, 0.6) is 0 Å². The zero-order chi connectivity index (χ0) is 39.9. The highest BCUT2D eigenvalue weighted by Crippen LogP contribution is 2.59. The first-order valence-corrected chi connectivity index (χ1v) is 20.8. The Morgan fingerprint density at radius 2 is 0.800 bits per heavy atom. The summed E-state index contributed by atoms with van der Waals surface area (Å²) in [4.78, 5) is 2.46. The lowest BCUT2D eigenvalue weighted by atomic mass is 9.68. The molecule has 1 aliphatic carbocycles. The van der Waals surface area contributed by atoms with Gasteiger partial charge in [-0.2, -0.15) is 0 Å². The SMILES string of the molecule is c1ccc(-c2ccc(N(c3cccc(-c4ccc(-c5cccc6ccccc56)cc4)c3)c3cccc4c3-c3ccccc3C4(c3ccccc3)c3ccccc3)cc2)cc1. The molecule has 0 spiro atoms. The van der Waals surface area contributed by atoms with E-state index in [0.717, 1.165) is 17.1 Å². The number of nitrogens with zero attached hydrogens (tertiary/aromatic N) is 1. The van der Waals surface area contributed by atoms with Crippen molar-refractivity contribution in [2.75, 3.05) is 4.90 Å². The minimum Gasteiger partial charge on any atom is -0.310 e. The molecule has 0 N–H and O–H groups in total. The molecule has 0 heterocycles. The van der Waals surface area contributed by atoms with E-state index < -0.39 is 5.41 Å². The van der Waals surface area contributed by atoms with Gasteiger partial charge in [-0.3, -0.25) is 0 Å². The van der Waals surface area contributed by atoms with E-state index in [0.29, 0.717) is 0 Å². The van der Waals surface area contributed by atoms with Gasteiger partial charge in [0.1, 0.15) is 0 Å². The van der Waals surface area contributed by atoms with Crippen LogP contribution in [0, 0.1) is 0 Å². The Kier molecular flexibility index (Phi) is 8.79. The topological polar surface area (TPSA) is 3.24 Å². The highest BCUT2D eigenvalue weighted by atomic mass is 15.1. The van der Waals surface area contributed by atoms with E-state index in [1.807, 2.05) is 0 Å². The number of rotatable bonds is 8. The van der Waals surface area contributed by atoms with E-state index in [4.69, 9.17) is 0 Å². The van der Waals surface area contributed by atoms with Crippen LogP contribution in [0.3, 0.4) is 0 Å². The van der Waals surface area contributed by atoms with E-state index in [9.17, 15) is 0 Å². The van der Waals surface area contributed by atoms with Gasteiger partial charge in [0.2, 0.25) is 0 Å². The molecule has 1 aliphatic rings. The maximum Gasteiger partial charge on any atom is 0.0714 e. The minimum atomic E-state index is -0.499. The van der Waals surface area contributed by atoms with E-state index >= 15 is 0 Å². The monoisotopic (exact) mass is 763 g/mol. The number of hydrogen-bond donors (Lipinski definition) is 0. The van der Waals surface area contributed by atoms with Crippen LogP contribution in [0.25, 0.3) is 55.3 Å². The van der Waals surface area contributed by atoms with Gasteiger partial charge in [-0.05, 0) is 102 Å². The Morgan fingerprint density at radius 1 is 0.300 bits per heavy atom. The van der Waals surface area contributed by atoms with Crippen LogP contribution in [-0.4, -0.2) is 0 Å². The van der Waals surface area contributed by atoms with Crippen molar-refractivity contribution in [1.29, 1.82) is 0 Å². The molecule has 11 rings (SSSR count). The first kappa shape index (κ1) is 35.4. The molecule has 60 heavy (non-hydrogen) atoms. The predicted molar refractivity (Wildman–Crippen MR) is 252 cm³/mol. The fraction of sp³-hybridized carbons (Fsp3) is 0.0169. The van der Waals surface area contributed by atoms with E-state index in [1.165, 1.54) is 77.5 Å². The Balaban J connectivity index is 1.10. The van der Waals surface area contributed by atoms with Crippen LogP contribution in [0.4, 0.5) is 17.1 Å². The molecule has 0 saturated carbocycles. The maximum absolute atomic E-state index is 2.46. The van der Waals surface area contributed by atoms with Crippen molar-refractivity contribution in [2.24, 2.45) is 0 Å². The Labute approximate surface area is 352 Å². The molecule has 0 radical (unpaired) electrons. The average Bonchev–Trinajstić information content (AvgIpc) is 3.64. The fourth-order valence-electron chi connectivity index (χ4n) is 9.66. The van der Waals surface area contributed by atoms with Crippen molar-refractivity contribution in [3.8, 4) is 44.5 Å². The highest BCUT2D eigenvalue weighted by Gasteiger charge is 2.47. The average molecular weight is 764 g/mol. The Morgan fingerprint density at radius 3 is 1.55 bits per heavy atom. The predicted octanol–water partition coefficient (Wildman–Crippen LogP) is 15.7. The molecular weight excluding hydrogens is 723 g/mol. The first-order valence-electron chi connectivity index (χ1n) is 20.8. The molecule has 10 aromatic carbocycles. The summed E-state index contributed by atoms with van der Waals surface area (Å²) in [5.41, 5.74) is 17.6. The molecule has 0 bridgehead atoms. The van der Waals surface area contributed by atoms with Crippen LogP contribution in [-0.2, 0) is 5.41 Å². The summed E-state index contributed by atoms with van der Waals surface area (Å²) in [6, 6.07) is 91.0. The Hall–Kier alpha value is -7.74. The maximum atomic E-state index is 2.46. The summed E-state index contributed by atoms with van der Waals surface area (Å²) < 4.78 is 0. The Bertz CT molecular complexity index is 3070. The van der Waals surface area contributed by atoms with Gasteiger partial charge in [0.25, 0.3) is 0 Å². The van der Waals surface area contributed by atoms with Crippen LogP contribution in [0.15, 0.2) is 249 Å². The van der Waals surface area contributed by atoms with E-state index in [1.54, 1.807) is 0 Å². The summed E-state index contributed by atoms with van der Waals surface area (Å²) in [5.74, 6) is 0. The second-order valence-electron chi connectivity index (χ2n) is 15.6. The molecule has 282 valence electrons. The third kappa shape index (κ3) is 5.86. The number of hydrogen-bond acceptors (Lipinski definition) is 1. The largest absolute Gasteiger partial charge is 0.310 e. The smallest absolute Gasteiger partial charge is 0.0714 e. The summed E-state index contributed by atoms with van der Waals surface area (Å²) in [5, 5.41) is 2.52. The van der Waals surface area contributed by atoms with E-state index in [2.05, 4.69) is 254 Å². The molecule has 0 atom stereocenters. The molecule has 10 aromatic rings. The summed E-state index contributed by atoms with van der Waals surface area (Å²) >= 11 is 0. The lowest BCUT2D eigenvalue weighted by Gasteiger charge is -2.34. The lowest BCUT2D eigenvalue weighted by molar-refractivity contribution is 0.768. The van der Waals surface area contributed by atoms with Crippen molar-refractivity contribution in [3.63, 3.8) is 0 Å². The molecule has 0 saturated heterocycles.